The summed E-state index contributed by atoms with van der Waals surface area (Å²) < 4.78 is 5.49. The average Bonchev–Trinajstić information content (AvgIpc) is 3.49. The van der Waals surface area contributed by atoms with E-state index in [2.05, 4.69) is 43.5 Å². The highest BCUT2D eigenvalue weighted by Crippen LogP contribution is 2.19. The molecule has 83 heavy (non-hydrogen) atoms. The molecule has 0 aliphatic carbocycles. The Kier molecular flexibility index (Phi) is 71.4. The summed E-state index contributed by atoms with van der Waals surface area (Å²) in [6.45, 7) is 4.99. The molecule has 492 valence electrons. The van der Waals surface area contributed by atoms with E-state index in [9.17, 15) is 19.8 Å². The minimum Gasteiger partial charge on any atom is -0.466 e. The third-order valence-electron chi connectivity index (χ3n) is 18.0. The van der Waals surface area contributed by atoms with Gasteiger partial charge in [-0.1, -0.05) is 366 Å². The zero-order valence-electron chi connectivity index (χ0n) is 56.5. The minimum absolute atomic E-state index is 0.00887. The Morgan fingerprint density at radius 3 is 0.855 bits per heavy atom. The lowest BCUT2D eigenvalue weighted by Gasteiger charge is -2.22. The average molecular weight is 1170 g/mol. The number of unbranched alkanes of at least 4 members (excludes halogenated alkanes) is 57. The van der Waals surface area contributed by atoms with Crippen LogP contribution in [0.2, 0.25) is 0 Å². The van der Waals surface area contributed by atoms with Crippen molar-refractivity contribution >= 4 is 11.9 Å². The standard InChI is InChI=1S/C77H149NO5/c1-3-5-7-9-11-13-15-17-19-20-21-22-30-33-36-39-42-45-49-53-57-61-65-69-75(80)74(73-79)78-76(81)70-66-62-58-54-50-46-43-40-37-34-31-28-26-24-23-25-27-29-32-35-38-41-44-48-52-56-60-64-68-72-83-77(82)71-67-63-59-55-51-47-18-16-14-12-10-8-6-4-2/h16,18,23,25,74-75,79-80H,3-15,17,19-22,24,26-73H2,1-2H3,(H,78,81)/b18-16-,25-23-. The number of hydrogen-bond acceptors (Lipinski definition) is 5. The molecule has 0 saturated carbocycles. The number of hydrogen-bond donors (Lipinski definition) is 3. The highest BCUT2D eigenvalue weighted by atomic mass is 16.5. The molecule has 0 rings (SSSR count). The predicted molar refractivity (Wildman–Crippen MR) is 366 cm³/mol. The smallest absolute Gasteiger partial charge is 0.305 e. The molecule has 0 aliphatic rings. The van der Waals surface area contributed by atoms with Crippen molar-refractivity contribution in [3.8, 4) is 0 Å². The van der Waals surface area contributed by atoms with Crippen LogP contribution in [0.4, 0.5) is 0 Å². The van der Waals surface area contributed by atoms with Crippen LogP contribution in [0.1, 0.15) is 431 Å². The van der Waals surface area contributed by atoms with E-state index in [4.69, 9.17) is 4.74 Å². The summed E-state index contributed by atoms with van der Waals surface area (Å²) in [6, 6.07) is -0.542. The number of nitrogens with one attached hydrogen (secondary N) is 1. The SMILES string of the molecule is CCCCCCC/C=C\CCCCCCCC(=O)OCCCCCCCCCCCCCC/C=C\CCCCCCCCCCCCCCCC(=O)NC(CO)C(O)CCCCCCCCCCCCCCCCCCCCCCCCC. The number of aliphatic hydroxyl groups is 2. The molecule has 6 heteroatoms. The van der Waals surface area contributed by atoms with Gasteiger partial charge in [0.1, 0.15) is 0 Å². The van der Waals surface area contributed by atoms with Gasteiger partial charge in [0.2, 0.25) is 5.91 Å². The Labute approximate surface area is 520 Å². The van der Waals surface area contributed by atoms with Crippen molar-refractivity contribution in [1.82, 2.24) is 5.32 Å². The first kappa shape index (κ1) is 81.3. The van der Waals surface area contributed by atoms with E-state index in [1.54, 1.807) is 0 Å². The summed E-state index contributed by atoms with van der Waals surface area (Å²) in [6.07, 6.45) is 92.5. The van der Waals surface area contributed by atoms with Crippen LogP contribution in [-0.2, 0) is 14.3 Å². The quantitative estimate of drug-likeness (QED) is 0.0320. The van der Waals surface area contributed by atoms with E-state index in [0.29, 0.717) is 25.9 Å². The molecule has 0 aromatic rings. The molecule has 2 atom stereocenters. The second-order valence-corrected chi connectivity index (χ2v) is 26.3. The van der Waals surface area contributed by atoms with Crippen LogP contribution in [0.3, 0.4) is 0 Å². The van der Waals surface area contributed by atoms with Crippen LogP contribution in [-0.4, -0.2) is 47.4 Å². The number of esters is 1. The zero-order valence-corrected chi connectivity index (χ0v) is 56.5. The monoisotopic (exact) mass is 1170 g/mol. The normalized spacial score (nSPS) is 12.6. The fourth-order valence-electron chi connectivity index (χ4n) is 12.2. The van der Waals surface area contributed by atoms with Gasteiger partial charge >= 0.3 is 5.97 Å². The zero-order chi connectivity index (χ0) is 59.9. The lowest BCUT2D eigenvalue weighted by atomic mass is 10.0. The van der Waals surface area contributed by atoms with Gasteiger partial charge in [0, 0.05) is 12.8 Å². The van der Waals surface area contributed by atoms with E-state index in [-0.39, 0.29) is 18.5 Å². The summed E-state index contributed by atoms with van der Waals surface area (Å²) in [5.74, 6) is -0.0200. The lowest BCUT2D eigenvalue weighted by Crippen LogP contribution is -2.45. The van der Waals surface area contributed by atoms with Gasteiger partial charge in [0.15, 0.2) is 0 Å². The first-order chi connectivity index (χ1) is 41.0. The van der Waals surface area contributed by atoms with E-state index in [1.807, 2.05) is 0 Å². The molecular formula is C77H149NO5. The fraction of sp³-hybridized carbons (Fsp3) is 0.922. The van der Waals surface area contributed by atoms with Crippen LogP contribution >= 0.6 is 0 Å². The Balaban J connectivity index is 3.37. The van der Waals surface area contributed by atoms with Gasteiger partial charge in [-0.15, -0.1) is 0 Å². The molecule has 0 saturated heterocycles. The van der Waals surface area contributed by atoms with Crippen LogP contribution in [0.5, 0.6) is 0 Å². The Morgan fingerprint density at radius 1 is 0.325 bits per heavy atom. The first-order valence-corrected chi connectivity index (χ1v) is 38.1. The molecule has 0 aromatic carbocycles. The molecule has 3 N–H and O–H groups in total. The third-order valence-corrected chi connectivity index (χ3v) is 18.0. The van der Waals surface area contributed by atoms with E-state index >= 15 is 0 Å². The molecule has 0 radical (unpaired) electrons. The molecular weight excluding hydrogens is 1020 g/mol. The van der Waals surface area contributed by atoms with Crippen LogP contribution in [0.15, 0.2) is 24.3 Å². The molecule has 0 fully saturated rings. The second kappa shape index (κ2) is 72.8. The summed E-state index contributed by atoms with van der Waals surface area (Å²) in [7, 11) is 0. The molecule has 2 unspecified atom stereocenters. The summed E-state index contributed by atoms with van der Waals surface area (Å²) in [4.78, 5) is 24.6. The van der Waals surface area contributed by atoms with Gasteiger partial charge in [-0.3, -0.25) is 9.59 Å². The maximum absolute atomic E-state index is 12.6. The van der Waals surface area contributed by atoms with Gasteiger partial charge in [-0.2, -0.15) is 0 Å². The molecule has 0 heterocycles. The molecule has 6 nitrogen and oxygen atoms in total. The maximum Gasteiger partial charge on any atom is 0.305 e. The van der Waals surface area contributed by atoms with Gasteiger partial charge in [0.25, 0.3) is 0 Å². The van der Waals surface area contributed by atoms with Crippen molar-refractivity contribution in [2.24, 2.45) is 0 Å². The molecule has 1 amide bonds. The number of ether oxygens (including phenoxy) is 1. The number of carbonyl (C=O) groups excluding carboxylic acids is 2. The van der Waals surface area contributed by atoms with Crippen molar-refractivity contribution in [3.05, 3.63) is 24.3 Å². The van der Waals surface area contributed by atoms with Gasteiger partial charge in [-0.25, -0.2) is 0 Å². The lowest BCUT2D eigenvalue weighted by molar-refractivity contribution is -0.143. The van der Waals surface area contributed by atoms with Crippen LogP contribution in [0, 0.1) is 0 Å². The highest BCUT2D eigenvalue weighted by molar-refractivity contribution is 5.76. The van der Waals surface area contributed by atoms with Crippen molar-refractivity contribution in [3.63, 3.8) is 0 Å². The van der Waals surface area contributed by atoms with E-state index < -0.39 is 12.1 Å². The molecule has 0 spiro atoms. The predicted octanol–water partition coefficient (Wildman–Crippen LogP) is 24.9. The Bertz CT molecular complexity index is 1300. The Hall–Kier alpha value is -1.66. The number of allylic oxidation sites excluding steroid dienone is 4. The molecule has 0 aliphatic heterocycles. The second-order valence-electron chi connectivity index (χ2n) is 26.3. The number of amides is 1. The fourth-order valence-corrected chi connectivity index (χ4v) is 12.2. The summed E-state index contributed by atoms with van der Waals surface area (Å²) >= 11 is 0. The minimum atomic E-state index is -0.665. The van der Waals surface area contributed by atoms with Crippen molar-refractivity contribution < 1.29 is 24.5 Å². The third kappa shape index (κ3) is 69.3. The van der Waals surface area contributed by atoms with Gasteiger partial charge in [0.05, 0.1) is 25.4 Å². The number of rotatable bonds is 72. The van der Waals surface area contributed by atoms with E-state index in [1.165, 1.54) is 353 Å². The highest BCUT2D eigenvalue weighted by Gasteiger charge is 2.20. The first-order valence-electron chi connectivity index (χ1n) is 38.1. The topological polar surface area (TPSA) is 95.9 Å². The number of aliphatic hydroxyl groups excluding tert-OH is 2. The summed E-state index contributed by atoms with van der Waals surface area (Å²) in [5.41, 5.74) is 0. The number of carbonyl (C=O) groups is 2. The van der Waals surface area contributed by atoms with Gasteiger partial charge in [-0.05, 0) is 77.0 Å². The summed E-state index contributed by atoms with van der Waals surface area (Å²) in [5, 5.41) is 23.5. The van der Waals surface area contributed by atoms with Crippen molar-refractivity contribution in [1.29, 1.82) is 0 Å². The molecule has 0 bridgehead atoms. The molecule has 0 aromatic heterocycles. The Morgan fingerprint density at radius 2 is 0.566 bits per heavy atom. The van der Waals surface area contributed by atoms with E-state index in [0.717, 1.165) is 44.9 Å². The van der Waals surface area contributed by atoms with Crippen molar-refractivity contribution in [2.45, 2.75) is 443 Å². The van der Waals surface area contributed by atoms with Crippen LogP contribution in [0.25, 0.3) is 0 Å². The van der Waals surface area contributed by atoms with Crippen molar-refractivity contribution in [2.75, 3.05) is 13.2 Å². The maximum atomic E-state index is 12.6. The van der Waals surface area contributed by atoms with Crippen LogP contribution < -0.4 is 5.32 Å². The largest absolute Gasteiger partial charge is 0.466 e. The van der Waals surface area contributed by atoms with Gasteiger partial charge < -0.3 is 20.3 Å².